The predicted molar refractivity (Wildman–Crippen MR) is 110 cm³/mol. The lowest BCUT2D eigenvalue weighted by molar-refractivity contribution is -0.125. The molecule has 2 aromatic rings. The first-order valence-corrected chi connectivity index (χ1v) is 10.6. The Bertz CT molecular complexity index is 1040. The van der Waals surface area contributed by atoms with Gasteiger partial charge >= 0.3 is 0 Å². The van der Waals surface area contributed by atoms with Crippen molar-refractivity contribution >= 4 is 11.6 Å². The minimum absolute atomic E-state index is 0.0523. The molecule has 0 aliphatic carbocycles. The SMILES string of the molecule is COCC(=O)NC[C@H]1[C@H]2CN(Cc3cc(=O)n4ccc(C)cc4n3)C[C@]23CC[C@H]1O3. The van der Waals surface area contributed by atoms with Gasteiger partial charge in [-0.15, -0.1) is 0 Å². The van der Waals surface area contributed by atoms with Gasteiger partial charge in [0.2, 0.25) is 5.91 Å². The maximum Gasteiger partial charge on any atom is 0.258 e. The number of ether oxygens (including phenoxy) is 2. The lowest BCUT2D eigenvalue weighted by atomic mass is 9.73. The van der Waals surface area contributed by atoms with Crippen LogP contribution in [0.3, 0.4) is 0 Å². The summed E-state index contributed by atoms with van der Waals surface area (Å²) in [6.45, 7) is 5.10. The minimum atomic E-state index is -0.121. The summed E-state index contributed by atoms with van der Waals surface area (Å²) in [5, 5.41) is 3.00. The summed E-state index contributed by atoms with van der Waals surface area (Å²) < 4.78 is 12.9. The first-order valence-electron chi connectivity index (χ1n) is 10.6. The zero-order valence-corrected chi connectivity index (χ0v) is 17.5. The Balaban J connectivity index is 1.31. The molecule has 3 saturated heterocycles. The van der Waals surface area contributed by atoms with Crippen molar-refractivity contribution in [2.75, 3.05) is 33.4 Å². The summed E-state index contributed by atoms with van der Waals surface area (Å²) in [6.07, 6.45) is 4.11. The van der Waals surface area contributed by atoms with Crippen LogP contribution in [-0.4, -0.2) is 65.2 Å². The number of methoxy groups -OCH3 is 1. The lowest BCUT2D eigenvalue weighted by Gasteiger charge is -2.29. The highest BCUT2D eigenvalue weighted by molar-refractivity contribution is 5.77. The molecule has 8 heteroatoms. The molecular formula is C22H28N4O4. The fourth-order valence-corrected chi connectivity index (χ4v) is 5.66. The van der Waals surface area contributed by atoms with Crippen LogP contribution in [0.5, 0.6) is 0 Å². The van der Waals surface area contributed by atoms with Gasteiger partial charge in [-0.2, -0.15) is 0 Å². The van der Waals surface area contributed by atoms with Crippen LogP contribution in [0.4, 0.5) is 0 Å². The second-order valence-corrected chi connectivity index (χ2v) is 8.95. The molecule has 2 bridgehead atoms. The molecule has 1 N–H and O–H groups in total. The summed E-state index contributed by atoms with van der Waals surface area (Å²) in [5.41, 5.74) is 2.39. The zero-order chi connectivity index (χ0) is 20.9. The Morgan fingerprint density at radius 1 is 1.43 bits per heavy atom. The van der Waals surface area contributed by atoms with Crippen molar-refractivity contribution in [3.8, 4) is 0 Å². The van der Waals surface area contributed by atoms with Gasteiger partial charge in [0.1, 0.15) is 12.3 Å². The molecule has 8 nitrogen and oxygen atoms in total. The highest BCUT2D eigenvalue weighted by Crippen LogP contribution is 2.54. The van der Waals surface area contributed by atoms with Crippen LogP contribution in [-0.2, 0) is 20.8 Å². The average molecular weight is 412 g/mol. The number of nitrogens with zero attached hydrogens (tertiary/aromatic N) is 3. The third-order valence-electron chi connectivity index (χ3n) is 6.93. The van der Waals surface area contributed by atoms with E-state index in [1.807, 2.05) is 19.1 Å². The zero-order valence-electron chi connectivity index (χ0n) is 17.5. The number of carbonyl (C=O) groups excluding carboxylic acids is 1. The van der Waals surface area contributed by atoms with E-state index in [4.69, 9.17) is 14.5 Å². The summed E-state index contributed by atoms with van der Waals surface area (Å²) >= 11 is 0. The first-order chi connectivity index (χ1) is 14.5. The fourth-order valence-electron chi connectivity index (χ4n) is 5.66. The number of nitrogens with one attached hydrogen (secondary N) is 1. The van der Waals surface area contributed by atoms with Crippen molar-refractivity contribution in [1.29, 1.82) is 0 Å². The monoisotopic (exact) mass is 412 g/mol. The molecule has 4 atom stereocenters. The van der Waals surface area contributed by atoms with E-state index in [0.717, 1.165) is 37.2 Å². The van der Waals surface area contributed by atoms with Crippen LogP contribution >= 0.6 is 0 Å². The number of carbonyl (C=O) groups is 1. The normalized spacial score (nSPS) is 30.1. The topological polar surface area (TPSA) is 85.2 Å². The van der Waals surface area contributed by atoms with E-state index in [9.17, 15) is 9.59 Å². The highest BCUT2D eigenvalue weighted by Gasteiger charge is 2.62. The number of pyridine rings is 1. The fraction of sp³-hybridized carbons (Fsp3) is 0.591. The van der Waals surface area contributed by atoms with Gasteiger partial charge in [0.05, 0.1) is 17.4 Å². The predicted octanol–water partition coefficient (Wildman–Crippen LogP) is 0.745. The van der Waals surface area contributed by atoms with E-state index in [1.54, 1.807) is 16.7 Å². The number of hydrogen-bond donors (Lipinski definition) is 1. The molecule has 1 amide bonds. The van der Waals surface area contributed by atoms with Crippen molar-refractivity contribution in [2.45, 2.75) is 38.0 Å². The van der Waals surface area contributed by atoms with Crippen LogP contribution < -0.4 is 10.9 Å². The molecule has 5 heterocycles. The van der Waals surface area contributed by atoms with Crippen molar-refractivity contribution in [3.63, 3.8) is 0 Å². The molecule has 2 aromatic heterocycles. The Labute approximate surface area is 175 Å². The van der Waals surface area contributed by atoms with Gasteiger partial charge < -0.3 is 14.8 Å². The van der Waals surface area contributed by atoms with E-state index in [2.05, 4.69) is 10.2 Å². The molecule has 5 rings (SSSR count). The standard InChI is InChI=1S/C22H28N4O4/c1-14-4-6-26-19(7-14)24-15(8-21(26)28)10-25-11-17-16(9-23-20(27)12-29-2)18-3-5-22(17,13-25)30-18/h4,6-8,16-18H,3,5,9-13H2,1-2H3,(H,23,27)/t16-,17+,18+,22+/m0/s1. The number of aryl methyl sites for hydroxylation is 1. The number of amides is 1. The van der Waals surface area contributed by atoms with E-state index in [1.165, 1.54) is 7.11 Å². The third-order valence-corrected chi connectivity index (χ3v) is 6.93. The third kappa shape index (κ3) is 3.33. The Morgan fingerprint density at radius 2 is 2.30 bits per heavy atom. The Hall–Kier alpha value is -2.29. The van der Waals surface area contributed by atoms with Gasteiger partial charge in [0.15, 0.2) is 0 Å². The van der Waals surface area contributed by atoms with Crippen molar-refractivity contribution in [3.05, 3.63) is 46.0 Å². The van der Waals surface area contributed by atoms with E-state index < -0.39 is 0 Å². The first kappa shape index (κ1) is 19.7. The van der Waals surface area contributed by atoms with Crippen LogP contribution in [0, 0.1) is 18.8 Å². The largest absolute Gasteiger partial charge is 0.375 e. The van der Waals surface area contributed by atoms with Crippen molar-refractivity contribution in [1.82, 2.24) is 19.6 Å². The molecule has 0 radical (unpaired) electrons. The van der Waals surface area contributed by atoms with Crippen LogP contribution in [0.1, 0.15) is 24.1 Å². The smallest absolute Gasteiger partial charge is 0.258 e. The Morgan fingerprint density at radius 3 is 3.13 bits per heavy atom. The molecule has 30 heavy (non-hydrogen) atoms. The molecule has 160 valence electrons. The molecular weight excluding hydrogens is 384 g/mol. The number of rotatable bonds is 6. The van der Waals surface area contributed by atoms with Gasteiger partial charge in [-0.25, -0.2) is 4.98 Å². The van der Waals surface area contributed by atoms with Gasteiger partial charge in [0.25, 0.3) is 5.56 Å². The summed E-state index contributed by atoms with van der Waals surface area (Å²) in [7, 11) is 1.53. The molecule has 3 aliphatic heterocycles. The van der Waals surface area contributed by atoms with Crippen molar-refractivity contribution < 1.29 is 14.3 Å². The van der Waals surface area contributed by atoms with Crippen LogP contribution in [0.2, 0.25) is 0 Å². The van der Waals surface area contributed by atoms with Crippen LogP contribution in [0.15, 0.2) is 29.2 Å². The molecule has 3 aliphatic rings. The number of fused-ring (bicyclic) bond motifs is 2. The summed E-state index contributed by atoms with van der Waals surface area (Å²) in [4.78, 5) is 31.4. The van der Waals surface area contributed by atoms with Crippen LogP contribution in [0.25, 0.3) is 5.65 Å². The van der Waals surface area contributed by atoms with E-state index in [-0.39, 0.29) is 29.8 Å². The van der Waals surface area contributed by atoms with Crippen molar-refractivity contribution in [2.24, 2.45) is 11.8 Å². The lowest BCUT2D eigenvalue weighted by Crippen LogP contribution is -2.42. The summed E-state index contributed by atoms with van der Waals surface area (Å²) in [5.74, 6) is 0.630. The number of likely N-dealkylation sites (tertiary alicyclic amines) is 1. The maximum absolute atomic E-state index is 12.5. The summed E-state index contributed by atoms with van der Waals surface area (Å²) in [6, 6.07) is 5.48. The quantitative estimate of drug-likeness (QED) is 0.754. The molecule has 3 fully saturated rings. The Kier molecular flexibility index (Phi) is 4.88. The molecule has 0 aromatic carbocycles. The average Bonchev–Trinajstić information content (AvgIpc) is 3.34. The van der Waals surface area contributed by atoms with E-state index >= 15 is 0 Å². The second kappa shape index (κ2) is 7.44. The number of aromatic nitrogens is 2. The molecule has 0 saturated carbocycles. The van der Waals surface area contributed by atoms with Gasteiger partial charge in [0, 0.05) is 57.4 Å². The van der Waals surface area contributed by atoms with Gasteiger partial charge in [-0.3, -0.25) is 18.9 Å². The second-order valence-electron chi connectivity index (χ2n) is 8.95. The highest BCUT2D eigenvalue weighted by atomic mass is 16.5. The molecule has 1 spiro atoms. The van der Waals surface area contributed by atoms with E-state index in [0.29, 0.717) is 30.6 Å². The molecule has 0 unspecified atom stereocenters. The van der Waals surface area contributed by atoms with Gasteiger partial charge in [-0.1, -0.05) is 0 Å². The number of hydrogen-bond acceptors (Lipinski definition) is 6. The maximum atomic E-state index is 12.5. The van der Waals surface area contributed by atoms with Gasteiger partial charge in [-0.05, 0) is 37.5 Å². The minimum Gasteiger partial charge on any atom is -0.375 e.